The van der Waals surface area contributed by atoms with E-state index in [9.17, 15) is 9.59 Å². The number of hydrogen-bond acceptors (Lipinski definition) is 6. The summed E-state index contributed by atoms with van der Waals surface area (Å²) in [5.41, 5.74) is 1.29. The van der Waals surface area contributed by atoms with E-state index in [4.69, 9.17) is 44.9 Å². The van der Waals surface area contributed by atoms with Crippen molar-refractivity contribution in [2.45, 2.75) is 6.42 Å². The van der Waals surface area contributed by atoms with Gasteiger partial charge < -0.3 is 14.8 Å². The zero-order valence-corrected chi connectivity index (χ0v) is 18.5. The third kappa shape index (κ3) is 4.73. The first-order valence-corrected chi connectivity index (χ1v) is 10.8. The highest BCUT2D eigenvalue weighted by Crippen LogP contribution is 2.36. The molecule has 2 aliphatic heterocycles. The van der Waals surface area contributed by atoms with Crippen molar-refractivity contribution in [3.8, 4) is 11.5 Å². The molecule has 0 spiro atoms. The summed E-state index contributed by atoms with van der Waals surface area (Å²) in [5, 5.41) is 3.56. The molecule has 2 aromatic carbocycles. The first-order chi connectivity index (χ1) is 14.4. The van der Waals surface area contributed by atoms with Gasteiger partial charge in [0, 0.05) is 28.7 Å². The Morgan fingerprint density at radius 2 is 1.90 bits per heavy atom. The Kier molecular flexibility index (Phi) is 6.19. The summed E-state index contributed by atoms with van der Waals surface area (Å²) in [5.74, 6) is 0.798. The largest absolute Gasteiger partial charge is 0.454 e. The SMILES string of the molecule is O=C(CCN1C(=O)/C(=C\c2ccc3c(c2)OCO3)SC1=S)Nc1cc(Cl)cc(Cl)c1. The number of thioether (sulfide) groups is 1. The summed E-state index contributed by atoms with van der Waals surface area (Å²) in [6.07, 6.45) is 1.82. The fourth-order valence-electron chi connectivity index (χ4n) is 2.91. The molecule has 154 valence electrons. The van der Waals surface area contributed by atoms with E-state index >= 15 is 0 Å². The number of fused-ring (bicyclic) bond motifs is 1. The second kappa shape index (κ2) is 8.85. The molecular weight excluding hydrogens is 467 g/mol. The van der Waals surface area contributed by atoms with Gasteiger partial charge in [-0.2, -0.15) is 0 Å². The van der Waals surface area contributed by atoms with Gasteiger partial charge >= 0.3 is 0 Å². The zero-order valence-electron chi connectivity index (χ0n) is 15.3. The number of thiocarbonyl (C=S) groups is 1. The van der Waals surface area contributed by atoms with Crippen LogP contribution in [-0.2, 0) is 9.59 Å². The second-order valence-electron chi connectivity index (χ2n) is 6.40. The van der Waals surface area contributed by atoms with E-state index in [1.54, 1.807) is 36.4 Å². The zero-order chi connectivity index (χ0) is 21.3. The number of benzene rings is 2. The molecule has 0 bridgehead atoms. The van der Waals surface area contributed by atoms with Crippen molar-refractivity contribution in [3.05, 3.63) is 56.9 Å². The Labute approximate surface area is 192 Å². The number of carbonyl (C=O) groups is 2. The lowest BCUT2D eigenvalue weighted by Crippen LogP contribution is -2.31. The van der Waals surface area contributed by atoms with Crippen LogP contribution in [0.2, 0.25) is 10.0 Å². The number of nitrogens with zero attached hydrogens (tertiary/aromatic N) is 1. The summed E-state index contributed by atoms with van der Waals surface area (Å²) in [4.78, 5) is 26.9. The van der Waals surface area contributed by atoms with Crippen molar-refractivity contribution in [1.29, 1.82) is 0 Å². The van der Waals surface area contributed by atoms with E-state index in [0.717, 1.165) is 5.56 Å². The van der Waals surface area contributed by atoms with Crippen LogP contribution in [0.3, 0.4) is 0 Å². The molecule has 0 aromatic heterocycles. The number of amides is 2. The number of rotatable bonds is 5. The average molecular weight is 481 g/mol. The van der Waals surface area contributed by atoms with Crippen molar-refractivity contribution in [3.63, 3.8) is 0 Å². The molecule has 1 fully saturated rings. The topological polar surface area (TPSA) is 67.9 Å². The number of hydrogen-bond donors (Lipinski definition) is 1. The minimum Gasteiger partial charge on any atom is -0.454 e. The summed E-state index contributed by atoms with van der Waals surface area (Å²) in [6.45, 7) is 0.355. The Morgan fingerprint density at radius 1 is 1.17 bits per heavy atom. The Balaban J connectivity index is 1.38. The van der Waals surface area contributed by atoms with Crippen LogP contribution in [0, 0.1) is 0 Å². The number of halogens is 2. The molecule has 1 saturated heterocycles. The van der Waals surface area contributed by atoms with Gasteiger partial charge in [0.25, 0.3) is 5.91 Å². The molecule has 0 radical (unpaired) electrons. The third-order valence-corrected chi connectivity index (χ3v) is 6.09. The fraction of sp³-hybridized carbons (Fsp3) is 0.150. The first kappa shape index (κ1) is 21.0. The van der Waals surface area contributed by atoms with Crippen molar-refractivity contribution in [2.75, 3.05) is 18.7 Å². The number of anilines is 1. The number of ether oxygens (including phenoxy) is 2. The van der Waals surface area contributed by atoms with Gasteiger partial charge in [-0.1, -0.05) is 53.2 Å². The van der Waals surface area contributed by atoms with Crippen LogP contribution in [0.1, 0.15) is 12.0 Å². The Morgan fingerprint density at radius 3 is 2.67 bits per heavy atom. The highest BCUT2D eigenvalue weighted by atomic mass is 35.5. The summed E-state index contributed by atoms with van der Waals surface area (Å²) in [6, 6.07) is 10.2. The van der Waals surface area contributed by atoms with Crippen LogP contribution in [0.25, 0.3) is 6.08 Å². The van der Waals surface area contributed by atoms with E-state index in [0.29, 0.717) is 36.5 Å². The van der Waals surface area contributed by atoms with Crippen molar-refractivity contribution >= 4 is 75.1 Å². The van der Waals surface area contributed by atoms with Crippen LogP contribution in [0.15, 0.2) is 41.3 Å². The minimum atomic E-state index is -0.276. The van der Waals surface area contributed by atoms with Crippen molar-refractivity contribution in [2.24, 2.45) is 0 Å². The molecule has 30 heavy (non-hydrogen) atoms. The molecule has 2 aromatic rings. The van der Waals surface area contributed by atoms with E-state index < -0.39 is 0 Å². The molecule has 0 atom stereocenters. The highest BCUT2D eigenvalue weighted by molar-refractivity contribution is 8.26. The van der Waals surface area contributed by atoms with Gasteiger partial charge in [-0.05, 0) is 42.0 Å². The van der Waals surface area contributed by atoms with Gasteiger partial charge in [-0.25, -0.2) is 0 Å². The predicted molar refractivity (Wildman–Crippen MR) is 122 cm³/mol. The molecule has 0 aliphatic carbocycles. The lowest BCUT2D eigenvalue weighted by molar-refractivity contribution is -0.122. The highest BCUT2D eigenvalue weighted by Gasteiger charge is 2.32. The molecule has 4 rings (SSSR count). The summed E-state index contributed by atoms with van der Waals surface area (Å²) >= 11 is 18.4. The molecule has 10 heteroatoms. The van der Waals surface area contributed by atoms with Gasteiger partial charge in [0.05, 0.1) is 4.91 Å². The molecule has 0 unspecified atom stereocenters. The maximum Gasteiger partial charge on any atom is 0.266 e. The normalized spacial score (nSPS) is 16.5. The Bertz CT molecular complexity index is 1070. The quantitative estimate of drug-likeness (QED) is 0.482. The molecule has 1 N–H and O–H groups in total. The average Bonchev–Trinajstić information content (AvgIpc) is 3.24. The monoisotopic (exact) mass is 480 g/mol. The van der Waals surface area contributed by atoms with Gasteiger partial charge in [0.1, 0.15) is 4.32 Å². The van der Waals surface area contributed by atoms with Crippen LogP contribution in [-0.4, -0.2) is 34.4 Å². The number of carbonyl (C=O) groups excluding carboxylic acids is 2. The summed E-state index contributed by atoms with van der Waals surface area (Å²) < 4.78 is 11.1. The molecule has 2 aliphatic rings. The van der Waals surface area contributed by atoms with E-state index in [-0.39, 0.29) is 31.6 Å². The van der Waals surface area contributed by atoms with E-state index in [1.165, 1.54) is 16.7 Å². The molecule has 2 amide bonds. The molecule has 2 heterocycles. The van der Waals surface area contributed by atoms with E-state index in [2.05, 4.69) is 5.32 Å². The van der Waals surface area contributed by atoms with Crippen molar-refractivity contribution < 1.29 is 19.1 Å². The predicted octanol–water partition coefficient (Wildman–Crippen LogP) is 4.95. The smallest absolute Gasteiger partial charge is 0.266 e. The lowest BCUT2D eigenvalue weighted by Gasteiger charge is -2.14. The van der Waals surface area contributed by atoms with Gasteiger partial charge in [-0.15, -0.1) is 0 Å². The maximum atomic E-state index is 12.7. The Hall–Kier alpha value is -2.26. The molecule has 6 nitrogen and oxygen atoms in total. The maximum absolute atomic E-state index is 12.7. The molecule has 0 saturated carbocycles. The number of nitrogens with one attached hydrogen (secondary N) is 1. The fourth-order valence-corrected chi connectivity index (χ4v) is 4.74. The van der Waals surface area contributed by atoms with Crippen LogP contribution in [0.5, 0.6) is 11.5 Å². The van der Waals surface area contributed by atoms with Crippen LogP contribution < -0.4 is 14.8 Å². The standard InChI is InChI=1S/C20H14Cl2N2O4S2/c21-12-7-13(22)9-14(8-12)23-18(25)3-4-24-19(26)17(30-20(24)29)6-11-1-2-15-16(5-11)28-10-27-15/h1-2,5-9H,3-4,10H2,(H,23,25)/b17-6+. The first-order valence-electron chi connectivity index (χ1n) is 8.80. The van der Waals surface area contributed by atoms with Gasteiger partial charge in [0.15, 0.2) is 11.5 Å². The van der Waals surface area contributed by atoms with Crippen LogP contribution >= 0.6 is 47.2 Å². The van der Waals surface area contributed by atoms with Gasteiger partial charge in [0.2, 0.25) is 12.7 Å². The van der Waals surface area contributed by atoms with Crippen LogP contribution in [0.4, 0.5) is 5.69 Å². The second-order valence-corrected chi connectivity index (χ2v) is 8.95. The minimum absolute atomic E-state index is 0.0773. The van der Waals surface area contributed by atoms with E-state index in [1.807, 2.05) is 6.07 Å². The molecular formula is C20H14Cl2N2O4S2. The third-order valence-electron chi connectivity index (χ3n) is 4.28. The van der Waals surface area contributed by atoms with Crippen molar-refractivity contribution in [1.82, 2.24) is 4.90 Å². The summed E-state index contributed by atoms with van der Waals surface area (Å²) in [7, 11) is 0. The lowest BCUT2D eigenvalue weighted by atomic mass is 10.2. The van der Waals surface area contributed by atoms with Gasteiger partial charge in [-0.3, -0.25) is 14.5 Å².